The molecule has 0 atom stereocenters. The van der Waals surface area contributed by atoms with E-state index < -0.39 is 0 Å². The number of halogens is 2. The van der Waals surface area contributed by atoms with Crippen LogP contribution >= 0.6 is 11.6 Å². The summed E-state index contributed by atoms with van der Waals surface area (Å²) in [6, 6.07) is 3.17. The molecule has 27 heavy (non-hydrogen) atoms. The number of aryl methyl sites for hydroxylation is 1. The molecule has 3 aromatic rings. The maximum atomic E-state index is 14.8. The van der Waals surface area contributed by atoms with E-state index in [2.05, 4.69) is 26.8 Å². The Balaban J connectivity index is 2.17. The monoisotopic (exact) mass is 384 g/mol. The van der Waals surface area contributed by atoms with Gasteiger partial charge >= 0.3 is 0 Å². The lowest BCUT2D eigenvalue weighted by Gasteiger charge is -2.15. The first-order chi connectivity index (χ1) is 12.8. The van der Waals surface area contributed by atoms with Gasteiger partial charge in [0.15, 0.2) is 0 Å². The van der Waals surface area contributed by atoms with Crippen LogP contribution in [0.4, 0.5) is 10.1 Å². The highest BCUT2D eigenvalue weighted by molar-refractivity contribution is 6.35. The molecule has 140 valence electrons. The third-order valence-corrected chi connectivity index (χ3v) is 4.71. The van der Waals surface area contributed by atoms with E-state index in [1.165, 1.54) is 6.07 Å². The summed E-state index contributed by atoms with van der Waals surface area (Å²) in [5.41, 5.74) is 3.91. The van der Waals surface area contributed by atoms with E-state index in [9.17, 15) is 4.39 Å². The summed E-state index contributed by atoms with van der Waals surface area (Å²) in [5, 5.41) is 4.56. The molecule has 4 nitrogen and oxygen atoms in total. The minimum absolute atomic E-state index is 0.212. The smallest absolute Gasteiger partial charge is 0.133 e. The zero-order valence-electron chi connectivity index (χ0n) is 15.9. The summed E-state index contributed by atoms with van der Waals surface area (Å²) in [4.78, 5) is 13.1. The molecule has 0 unspecified atom stereocenters. The first-order valence-electron chi connectivity index (χ1n) is 8.77. The van der Waals surface area contributed by atoms with Crippen molar-refractivity contribution in [3.63, 3.8) is 0 Å². The Morgan fingerprint density at radius 1 is 1.26 bits per heavy atom. The summed E-state index contributed by atoms with van der Waals surface area (Å²) in [6.07, 6.45) is 3.30. The van der Waals surface area contributed by atoms with Crippen LogP contribution in [0.3, 0.4) is 0 Å². The molecule has 0 radical (unpaired) electrons. The molecular formula is C21H22ClFN4. The van der Waals surface area contributed by atoms with Crippen molar-refractivity contribution in [2.75, 3.05) is 11.9 Å². The molecule has 0 aliphatic carbocycles. The van der Waals surface area contributed by atoms with Crippen molar-refractivity contribution in [3.8, 4) is 11.1 Å². The number of fused-ring (bicyclic) bond motifs is 1. The molecule has 0 amide bonds. The van der Waals surface area contributed by atoms with Crippen molar-refractivity contribution in [1.82, 2.24) is 15.0 Å². The Labute approximate surface area is 163 Å². The van der Waals surface area contributed by atoms with Gasteiger partial charge in [0.1, 0.15) is 11.6 Å². The molecule has 0 aliphatic heterocycles. The highest BCUT2D eigenvalue weighted by Gasteiger charge is 2.16. The van der Waals surface area contributed by atoms with Crippen molar-refractivity contribution >= 4 is 28.2 Å². The SMILES string of the molecule is C=C(C)CNc1c(Cl)c(C)nc2cc(F)c(-c3cnc(C(C)C)nc3)cc12. The zero-order valence-corrected chi connectivity index (χ0v) is 16.7. The van der Waals surface area contributed by atoms with Gasteiger partial charge in [-0.05, 0) is 19.9 Å². The first-order valence-corrected chi connectivity index (χ1v) is 9.15. The molecule has 6 heteroatoms. The van der Waals surface area contributed by atoms with Gasteiger partial charge < -0.3 is 5.32 Å². The predicted octanol–water partition coefficient (Wildman–Crippen LogP) is 5.90. The number of pyridine rings is 1. The lowest BCUT2D eigenvalue weighted by molar-refractivity contribution is 0.632. The van der Waals surface area contributed by atoms with Crippen LogP contribution in [-0.4, -0.2) is 21.5 Å². The second-order valence-corrected chi connectivity index (χ2v) is 7.41. The van der Waals surface area contributed by atoms with Crippen LogP contribution in [0.25, 0.3) is 22.0 Å². The number of benzene rings is 1. The van der Waals surface area contributed by atoms with Crippen molar-refractivity contribution in [2.45, 2.75) is 33.6 Å². The van der Waals surface area contributed by atoms with Crippen LogP contribution in [0, 0.1) is 12.7 Å². The topological polar surface area (TPSA) is 50.7 Å². The Morgan fingerprint density at radius 2 is 1.93 bits per heavy atom. The molecule has 2 heterocycles. The van der Waals surface area contributed by atoms with Gasteiger partial charge in [0.05, 0.1) is 21.9 Å². The molecule has 0 aliphatic rings. The van der Waals surface area contributed by atoms with Crippen LogP contribution in [-0.2, 0) is 0 Å². The quantitative estimate of drug-likeness (QED) is 0.556. The molecular weight excluding hydrogens is 363 g/mol. The number of anilines is 1. The van der Waals surface area contributed by atoms with Crippen molar-refractivity contribution in [2.24, 2.45) is 0 Å². The van der Waals surface area contributed by atoms with E-state index in [4.69, 9.17) is 11.6 Å². The Bertz CT molecular complexity index is 1010. The van der Waals surface area contributed by atoms with Crippen LogP contribution in [0.2, 0.25) is 5.02 Å². The van der Waals surface area contributed by atoms with Crippen molar-refractivity contribution in [3.05, 3.63) is 59.0 Å². The molecule has 0 fully saturated rings. The lowest BCUT2D eigenvalue weighted by atomic mass is 10.0. The minimum atomic E-state index is -0.372. The molecule has 0 spiro atoms. The van der Waals surface area contributed by atoms with Gasteiger partial charge in [-0.15, -0.1) is 0 Å². The van der Waals surface area contributed by atoms with E-state index in [1.54, 1.807) is 25.4 Å². The Morgan fingerprint density at radius 3 is 2.52 bits per heavy atom. The zero-order chi connectivity index (χ0) is 19.7. The van der Waals surface area contributed by atoms with Crippen LogP contribution in [0.15, 0.2) is 36.7 Å². The van der Waals surface area contributed by atoms with Crippen molar-refractivity contribution in [1.29, 1.82) is 0 Å². The van der Waals surface area contributed by atoms with E-state index in [0.717, 1.165) is 22.5 Å². The third-order valence-electron chi connectivity index (χ3n) is 4.25. The molecule has 0 saturated heterocycles. The van der Waals surface area contributed by atoms with E-state index in [0.29, 0.717) is 33.9 Å². The third kappa shape index (κ3) is 3.93. The van der Waals surface area contributed by atoms with Gasteiger partial charge in [0.2, 0.25) is 0 Å². The predicted molar refractivity (Wildman–Crippen MR) is 110 cm³/mol. The van der Waals surface area contributed by atoms with Crippen molar-refractivity contribution < 1.29 is 4.39 Å². The summed E-state index contributed by atoms with van der Waals surface area (Å²) in [5.74, 6) is 0.567. The maximum absolute atomic E-state index is 14.8. The highest BCUT2D eigenvalue weighted by Crippen LogP contribution is 2.36. The Kier molecular flexibility index (Phi) is 5.42. The summed E-state index contributed by atoms with van der Waals surface area (Å²) in [7, 11) is 0. The highest BCUT2D eigenvalue weighted by atomic mass is 35.5. The molecule has 1 aromatic carbocycles. The van der Waals surface area contributed by atoms with E-state index in [1.807, 2.05) is 20.8 Å². The molecule has 0 saturated carbocycles. The number of rotatable bonds is 5. The fourth-order valence-electron chi connectivity index (χ4n) is 2.79. The average Bonchev–Trinajstić information content (AvgIpc) is 2.62. The van der Waals surface area contributed by atoms with E-state index in [-0.39, 0.29) is 11.7 Å². The number of aromatic nitrogens is 3. The second kappa shape index (κ2) is 7.61. The van der Waals surface area contributed by atoms with Gasteiger partial charge in [0.25, 0.3) is 0 Å². The molecule has 1 N–H and O–H groups in total. The summed E-state index contributed by atoms with van der Waals surface area (Å²) >= 11 is 6.48. The van der Waals surface area contributed by atoms with Gasteiger partial charge in [-0.3, -0.25) is 4.98 Å². The number of nitrogens with zero attached hydrogens (tertiary/aromatic N) is 3. The second-order valence-electron chi connectivity index (χ2n) is 7.03. The number of hydrogen-bond donors (Lipinski definition) is 1. The lowest BCUT2D eigenvalue weighted by Crippen LogP contribution is -2.05. The summed E-state index contributed by atoms with van der Waals surface area (Å²) in [6.45, 7) is 12.2. The largest absolute Gasteiger partial charge is 0.380 e. The van der Waals surface area contributed by atoms with Gasteiger partial charge in [0, 0.05) is 47.4 Å². The van der Waals surface area contributed by atoms with Gasteiger partial charge in [-0.2, -0.15) is 0 Å². The fourth-order valence-corrected chi connectivity index (χ4v) is 3.00. The van der Waals surface area contributed by atoms with E-state index >= 15 is 0 Å². The van der Waals surface area contributed by atoms with Crippen LogP contribution in [0.5, 0.6) is 0 Å². The Hall–Kier alpha value is -2.53. The standard InChI is InChI=1S/C21H22ClFN4/c1-11(2)8-24-20-16-6-15(14-9-25-21(12(3)4)26-10-14)17(23)7-18(16)27-13(5)19(20)22/h6-7,9-10,12H,1,8H2,2-5H3,(H,24,27). The van der Waals surface area contributed by atoms with Gasteiger partial charge in [-0.1, -0.05) is 37.6 Å². The minimum Gasteiger partial charge on any atom is -0.380 e. The summed E-state index contributed by atoms with van der Waals surface area (Å²) < 4.78 is 14.8. The molecule has 3 rings (SSSR count). The molecule has 0 bridgehead atoms. The van der Waals surface area contributed by atoms with Crippen LogP contribution < -0.4 is 5.32 Å². The van der Waals surface area contributed by atoms with Gasteiger partial charge in [-0.25, -0.2) is 14.4 Å². The maximum Gasteiger partial charge on any atom is 0.133 e. The number of hydrogen-bond acceptors (Lipinski definition) is 4. The average molecular weight is 385 g/mol. The number of nitrogens with one attached hydrogen (secondary N) is 1. The van der Waals surface area contributed by atoms with Crippen LogP contribution in [0.1, 0.15) is 38.2 Å². The normalized spacial score (nSPS) is 11.2. The fraction of sp³-hybridized carbons (Fsp3) is 0.286. The first kappa shape index (κ1) is 19.2. The molecule has 2 aromatic heterocycles.